The van der Waals surface area contributed by atoms with Crippen molar-refractivity contribution in [2.75, 3.05) is 54.6 Å². The predicted octanol–water partition coefficient (Wildman–Crippen LogP) is 11.4. The van der Waals surface area contributed by atoms with Crippen molar-refractivity contribution in [2.24, 2.45) is 0 Å². The fourth-order valence-electron chi connectivity index (χ4n) is 17.2. The molecule has 2 unspecified atom stereocenters. The zero-order valence-electron chi connectivity index (χ0n) is 73.0. The van der Waals surface area contributed by atoms with Gasteiger partial charge in [0.1, 0.15) is 69.0 Å². The van der Waals surface area contributed by atoms with Crippen LogP contribution in [0.4, 0.5) is 19.2 Å². The minimum absolute atomic E-state index is 0.0229. The lowest BCUT2D eigenvalue weighted by Gasteiger charge is -2.31. The van der Waals surface area contributed by atoms with Crippen LogP contribution in [0.15, 0.2) is 280 Å². The van der Waals surface area contributed by atoms with Gasteiger partial charge in [-0.05, 0) is 208 Å². The average Bonchev–Trinajstić information content (AvgIpc) is 1.61. The van der Waals surface area contributed by atoms with Crippen LogP contribution in [0.25, 0.3) is 10.8 Å². The van der Waals surface area contributed by atoms with Gasteiger partial charge < -0.3 is 78.8 Å². The molecule has 8 aliphatic heterocycles. The maximum Gasteiger partial charge on any atom is 0.322 e. The first-order valence-electron chi connectivity index (χ1n) is 42.5. The Kier molecular flexibility index (Phi) is 24.1. The molecule has 8 N–H and O–H groups in total. The van der Waals surface area contributed by atoms with Crippen LogP contribution in [0.3, 0.4) is 0 Å². The summed E-state index contributed by atoms with van der Waals surface area (Å²) in [5.74, 6) is 3.96. The number of nitrogens with zero attached hydrogens (tertiary/aromatic N) is 8. The summed E-state index contributed by atoms with van der Waals surface area (Å²) in [6.45, 7) is 1.20. The number of benzene rings is 9. The Bertz CT molecular complexity index is 6490. The summed E-state index contributed by atoms with van der Waals surface area (Å²) in [6.07, 6.45) is 13.2. The first-order chi connectivity index (χ1) is 65.9. The second kappa shape index (κ2) is 37.0. The summed E-state index contributed by atoms with van der Waals surface area (Å²) in [4.78, 5) is 175. The fourth-order valence-corrected chi connectivity index (χ4v) is 17.2. The summed E-state index contributed by atoms with van der Waals surface area (Å²) >= 11 is 0. The Morgan fingerprint density at radius 1 is 0.257 bits per heavy atom. The zero-order valence-corrected chi connectivity index (χ0v) is 73.0. The highest BCUT2D eigenvalue weighted by atomic mass is 16.5. The van der Waals surface area contributed by atoms with Crippen molar-refractivity contribution in [1.29, 1.82) is 0 Å². The molecule has 0 spiro atoms. The third-order valence-electron chi connectivity index (χ3n) is 24.1. The van der Waals surface area contributed by atoms with Crippen molar-refractivity contribution < 1.29 is 95.4 Å². The molecule has 682 valence electrons. The molecule has 4 fully saturated rings. The van der Waals surface area contributed by atoms with E-state index in [1.54, 1.807) is 251 Å². The minimum atomic E-state index is -1.44. The van der Waals surface area contributed by atoms with Gasteiger partial charge in [-0.3, -0.25) is 79.6 Å². The molecule has 0 aliphatic carbocycles. The van der Waals surface area contributed by atoms with Crippen molar-refractivity contribution >= 4 is 82.2 Å². The number of hydrogen-bond acceptors (Lipinski definition) is 24. The van der Waals surface area contributed by atoms with Gasteiger partial charge in [0.05, 0.1) is 67.0 Å². The first-order valence-corrected chi connectivity index (χ1v) is 42.5. The monoisotopic (exact) mass is 1830 g/mol. The van der Waals surface area contributed by atoms with Crippen LogP contribution in [0, 0.1) is 0 Å². The summed E-state index contributed by atoms with van der Waals surface area (Å²) in [5.41, 5.74) is 1.86. The molecule has 136 heavy (non-hydrogen) atoms. The van der Waals surface area contributed by atoms with Crippen LogP contribution in [0.5, 0.6) is 69.0 Å². The van der Waals surface area contributed by atoms with E-state index >= 15 is 0 Å². The molecule has 36 heteroatoms. The second-order valence-electron chi connectivity index (χ2n) is 32.4. The van der Waals surface area contributed by atoms with Gasteiger partial charge in [-0.25, -0.2) is 19.2 Å². The van der Waals surface area contributed by atoms with Crippen LogP contribution in [-0.2, 0) is 67.5 Å². The first kappa shape index (κ1) is 88.5. The third-order valence-corrected chi connectivity index (χ3v) is 24.1. The lowest BCUT2D eigenvalue weighted by molar-refractivity contribution is -0.125. The van der Waals surface area contributed by atoms with E-state index < -0.39 is 69.9 Å². The molecule has 0 saturated carbocycles. The van der Waals surface area contributed by atoms with Crippen LogP contribution >= 0.6 is 0 Å². The van der Waals surface area contributed by atoms with Crippen molar-refractivity contribution in [3.05, 3.63) is 347 Å². The van der Waals surface area contributed by atoms with E-state index in [2.05, 4.69) is 62.5 Å². The van der Waals surface area contributed by atoms with Crippen LogP contribution in [-0.4, -0.2) is 166 Å². The van der Waals surface area contributed by atoms with Crippen LogP contribution < -0.4 is 80.4 Å². The number of carbonyl (C=O) groups is 12. The molecule has 8 aliphatic rings. The molecule has 13 aromatic rings. The van der Waals surface area contributed by atoms with Gasteiger partial charge in [-0.1, -0.05) is 72.8 Å². The maximum absolute atomic E-state index is 13.2. The van der Waals surface area contributed by atoms with Gasteiger partial charge in [0, 0.05) is 91.0 Å². The largest absolute Gasteiger partial charge is 0.497 e. The molecule has 0 radical (unpaired) electrons. The number of amides is 16. The average molecular weight is 1830 g/mol. The molecule has 12 heterocycles. The Labute approximate surface area is 774 Å². The molecule has 4 atom stereocenters. The van der Waals surface area contributed by atoms with E-state index in [4.69, 9.17) is 37.9 Å². The molecule has 4 saturated heterocycles. The molecule has 36 nitrogen and oxygen atoms in total. The number of hydrogen-bond donors (Lipinski definition) is 8. The molecule has 0 bridgehead atoms. The topological polar surface area (TPSA) is 439 Å². The standard InChI is InChI=1S/C28H22N4O5.3C24H20N4O5/c1-36-22-6-3-19-15-32(25(33)24(19)13-22)16-28(26(34)30-27(35)31-28)20-4-8-21(9-5-20)37-23-7-2-18-14-29-11-10-17(18)12-23;1-32-19-5-2-15-13-28(21(29)20(15)12-19)14-24(22(30)26-23(31)27-24)16-3-6-17(7-4-16)33-18-8-10-25-11-9-18;2*1-32-18-7-4-15-13-28(21(29)20(15)11-18)14-24(22(30)26-23(31)27-24)16-5-8-17(9-6-16)33-19-3-2-10-25-12-19/h2-14H,15-16H2,1H3,(H2,30,31,34,35);3*2-12H,13-14H2,1H3,(H2,26,27,30,31)/t28-;;24-;/m0.0./s1. The number of aromatic nitrogens is 4. The minimum Gasteiger partial charge on any atom is -0.497 e. The van der Waals surface area contributed by atoms with Crippen molar-refractivity contribution in [3.8, 4) is 69.0 Å². The number of nitrogens with one attached hydrogen (secondary N) is 8. The number of imide groups is 4. The smallest absolute Gasteiger partial charge is 0.322 e. The van der Waals surface area contributed by atoms with Gasteiger partial charge in [-0.15, -0.1) is 0 Å². The molecule has 21 rings (SSSR count). The second-order valence-corrected chi connectivity index (χ2v) is 32.4. The van der Waals surface area contributed by atoms with Gasteiger partial charge in [0.2, 0.25) is 0 Å². The molecule has 9 aromatic carbocycles. The number of ether oxygens (including phenoxy) is 8. The lowest BCUT2D eigenvalue weighted by Crippen LogP contribution is -2.52. The Hall–Kier alpha value is -18.1. The Morgan fingerprint density at radius 2 is 0.522 bits per heavy atom. The number of methoxy groups -OCH3 is 4. The number of carbonyl (C=O) groups excluding carboxylic acids is 12. The Balaban J connectivity index is 0.000000121. The van der Waals surface area contributed by atoms with Gasteiger partial charge in [-0.2, -0.15) is 0 Å². The van der Waals surface area contributed by atoms with E-state index in [9.17, 15) is 57.5 Å². The highest BCUT2D eigenvalue weighted by Crippen LogP contribution is 2.41. The van der Waals surface area contributed by atoms with Crippen LogP contribution in [0.2, 0.25) is 0 Å². The third kappa shape index (κ3) is 17.7. The van der Waals surface area contributed by atoms with Crippen molar-refractivity contribution in [2.45, 2.75) is 48.3 Å². The van der Waals surface area contributed by atoms with E-state index in [1.807, 2.05) is 48.5 Å². The van der Waals surface area contributed by atoms with E-state index in [1.165, 1.54) is 28.4 Å². The SMILES string of the molecule is COc1ccc2c(c1)C(=O)N(CC1(c3ccc(Oc4cccnc4)cc3)NC(=O)NC1=O)C2.COc1ccc2c(c1)C(=O)N(CC1(c3ccc(Oc4ccncc4)cc3)NC(=O)NC1=O)C2.COc1ccc2c(c1)C(=O)N(C[C@@]1(c3ccc(Oc4ccc5cnccc5c4)cc3)NC(=O)NC1=O)C2.COc1ccc2c(c1)C(=O)N(C[C@@]1(c3ccc(Oc4cccnc4)cc3)NC(=O)NC1=O)C2. The normalized spacial score (nSPS) is 19.0. The van der Waals surface area contributed by atoms with Crippen LogP contribution in [0.1, 0.15) is 85.9 Å². The quantitative estimate of drug-likeness (QED) is 0.0260. The number of rotatable bonds is 24. The summed E-state index contributed by atoms with van der Waals surface area (Å²) in [7, 11) is 6.15. The number of urea groups is 4. The van der Waals surface area contributed by atoms with Gasteiger partial charge in [0.25, 0.3) is 47.3 Å². The lowest BCUT2D eigenvalue weighted by atomic mass is 9.89. The molecule has 4 aromatic heterocycles. The molecular weight excluding hydrogens is 1750 g/mol. The zero-order chi connectivity index (χ0) is 94.6. The van der Waals surface area contributed by atoms with Gasteiger partial charge in [0.15, 0.2) is 22.2 Å². The molecule has 16 amide bonds. The predicted molar refractivity (Wildman–Crippen MR) is 485 cm³/mol. The fraction of sp³-hybridized carbons (Fsp3) is 0.160. The highest BCUT2D eigenvalue weighted by molar-refractivity contribution is 6.12. The van der Waals surface area contributed by atoms with Crippen molar-refractivity contribution in [3.63, 3.8) is 0 Å². The highest BCUT2D eigenvalue weighted by Gasteiger charge is 2.55. The van der Waals surface area contributed by atoms with Crippen molar-refractivity contribution in [1.82, 2.24) is 82.1 Å². The maximum atomic E-state index is 13.2. The van der Waals surface area contributed by atoms with E-state index in [0.717, 1.165) is 33.0 Å². The number of pyridine rings is 4. The Morgan fingerprint density at radius 3 is 0.801 bits per heavy atom. The summed E-state index contributed by atoms with van der Waals surface area (Å²) in [5, 5.41) is 22.2. The van der Waals surface area contributed by atoms with E-state index in [0.29, 0.717) is 140 Å². The molecular formula is C100H82N16O20. The van der Waals surface area contributed by atoms with E-state index in [-0.39, 0.29) is 49.8 Å². The number of fused-ring (bicyclic) bond motifs is 5. The van der Waals surface area contributed by atoms with Gasteiger partial charge >= 0.3 is 24.1 Å². The summed E-state index contributed by atoms with van der Waals surface area (Å²) in [6, 6.07) is 64.3. The summed E-state index contributed by atoms with van der Waals surface area (Å²) < 4.78 is 44.2.